The Hall–Kier alpha value is -3.69. The monoisotopic (exact) mass is 610 g/mol. The number of nitrogens with one attached hydrogen (secondary N) is 1. The predicted octanol–water partition coefficient (Wildman–Crippen LogP) is 6.62. The molecule has 0 saturated carbocycles. The number of hydrogen-bond acceptors (Lipinski definition) is 5. The number of hydrogen-bond donors (Lipinski definition) is 2. The summed E-state index contributed by atoms with van der Waals surface area (Å²) in [6.45, 7) is 4.43. The van der Waals surface area contributed by atoms with Gasteiger partial charge in [-0.05, 0) is 73.5 Å². The van der Waals surface area contributed by atoms with Crippen LogP contribution in [0.2, 0.25) is 0 Å². The third-order valence-electron chi connectivity index (χ3n) is 8.65. The summed E-state index contributed by atoms with van der Waals surface area (Å²) < 4.78 is 44.3. The van der Waals surface area contributed by atoms with E-state index in [1.807, 2.05) is 18.2 Å². The summed E-state index contributed by atoms with van der Waals surface area (Å²) in [5.41, 5.74) is 1.62. The Bertz CT molecular complexity index is 1360. The van der Waals surface area contributed by atoms with Gasteiger partial charge in [-0.2, -0.15) is 13.2 Å². The minimum absolute atomic E-state index is 0.000224. The number of carbonyl (C=O) groups is 2. The number of piperidine rings is 1. The van der Waals surface area contributed by atoms with Gasteiger partial charge < -0.3 is 20.1 Å². The van der Waals surface area contributed by atoms with Crippen LogP contribution in [0, 0.1) is 0 Å². The standard InChI is InChI=1S/C35H41F3N2O4/c1-2-34(25-32(42)44-24-23-41,27-9-4-3-5-10-27)19-8-20-40-21-17-29(18-22-40)39-33(43)31-12-7-6-11-30(31)26-13-15-28(16-14-26)35(36,37)38/h3-7,9-16,29,41H,2,8,17-25H2,1H3,(H,39,43). The van der Waals surface area contributed by atoms with Crippen molar-refractivity contribution in [1.29, 1.82) is 0 Å². The Morgan fingerprint density at radius 3 is 2.23 bits per heavy atom. The number of alkyl halides is 3. The van der Waals surface area contributed by atoms with Gasteiger partial charge in [0.1, 0.15) is 6.61 Å². The fourth-order valence-electron chi connectivity index (χ4n) is 6.10. The fourth-order valence-corrected chi connectivity index (χ4v) is 6.10. The minimum atomic E-state index is -4.42. The molecule has 0 aliphatic carbocycles. The zero-order valence-corrected chi connectivity index (χ0v) is 25.1. The summed E-state index contributed by atoms with van der Waals surface area (Å²) in [5.74, 6) is -0.538. The number of amides is 1. The molecule has 1 atom stereocenters. The summed E-state index contributed by atoms with van der Waals surface area (Å²) in [5, 5.41) is 12.2. The molecule has 2 N–H and O–H groups in total. The molecule has 9 heteroatoms. The van der Waals surface area contributed by atoms with Crippen LogP contribution in [-0.2, 0) is 21.1 Å². The van der Waals surface area contributed by atoms with Gasteiger partial charge in [0.15, 0.2) is 0 Å². The van der Waals surface area contributed by atoms with Gasteiger partial charge in [-0.15, -0.1) is 0 Å². The van der Waals surface area contributed by atoms with E-state index < -0.39 is 11.7 Å². The molecule has 3 aromatic rings. The molecule has 0 bridgehead atoms. The first-order chi connectivity index (χ1) is 21.1. The number of aliphatic hydroxyl groups is 1. The van der Waals surface area contributed by atoms with Gasteiger partial charge in [0.05, 0.1) is 18.6 Å². The molecule has 1 heterocycles. The third-order valence-corrected chi connectivity index (χ3v) is 8.65. The van der Waals surface area contributed by atoms with Crippen molar-refractivity contribution in [2.24, 2.45) is 0 Å². The van der Waals surface area contributed by atoms with Crippen molar-refractivity contribution in [3.05, 3.63) is 95.6 Å². The molecule has 0 aromatic heterocycles. The second-order valence-corrected chi connectivity index (χ2v) is 11.4. The van der Waals surface area contributed by atoms with E-state index in [2.05, 4.69) is 29.3 Å². The van der Waals surface area contributed by atoms with Crippen LogP contribution >= 0.6 is 0 Å². The zero-order valence-electron chi connectivity index (χ0n) is 25.1. The lowest BCUT2D eigenvalue weighted by molar-refractivity contribution is -0.146. The molecule has 1 unspecified atom stereocenters. The van der Waals surface area contributed by atoms with Crippen LogP contribution in [0.25, 0.3) is 11.1 Å². The minimum Gasteiger partial charge on any atom is -0.463 e. The zero-order chi connectivity index (χ0) is 31.6. The Morgan fingerprint density at radius 1 is 0.932 bits per heavy atom. The van der Waals surface area contributed by atoms with E-state index in [-0.39, 0.29) is 43.0 Å². The topological polar surface area (TPSA) is 78.9 Å². The molecular weight excluding hydrogens is 569 g/mol. The molecule has 0 spiro atoms. The number of rotatable bonds is 13. The maximum absolute atomic E-state index is 13.3. The van der Waals surface area contributed by atoms with Crippen molar-refractivity contribution in [1.82, 2.24) is 10.2 Å². The highest BCUT2D eigenvalue weighted by Gasteiger charge is 2.34. The highest BCUT2D eigenvalue weighted by molar-refractivity contribution is 6.01. The lowest BCUT2D eigenvalue weighted by Gasteiger charge is -2.35. The summed E-state index contributed by atoms with van der Waals surface area (Å²) in [6.07, 6.45) is -0.0754. The number of benzene rings is 3. The molecule has 236 valence electrons. The Labute approximate surface area is 257 Å². The maximum Gasteiger partial charge on any atom is 0.416 e. The van der Waals surface area contributed by atoms with Crippen LogP contribution in [-0.4, -0.2) is 60.8 Å². The molecule has 3 aromatic carbocycles. The number of ether oxygens (including phenoxy) is 1. The highest BCUT2D eigenvalue weighted by atomic mass is 19.4. The number of esters is 1. The second-order valence-electron chi connectivity index (χ2n) is 11.4. The summed E-state index contributed by atoms with van der Waals surface area (Å²) in [6, 6.07) is 21.9. The van der Waals surface area contributed by atoms with Gasteiger partial charge in [0, 0.05) is 30.1 Å². The van der Waals surface area contributed by atoms with Crippen molar-refractivity contribution < 1.29 is 32.6 Å². The van der Waals surface area contributed by atoms with E-state index in [4.69, 9.17) is 9.84 Å². The number of likely N-dealkylation sites (tertiary alicyclic amines) is 1. The average molecular weight is 611 g/mol. The van der Waals surface area contributed by atoms with Crippen molar-refractivity contribution in [3.63, 3.8) is 0 Å². The SMILES string of the molecule is CCC(CCCN1CCC(NC(=O)c2ccccc2-c2ccc(C(F)(F)F)cc2)CC1)(CC(=O)OCCO)c1ccccc1. The maximum atomic E-state index is 13.3. The van der Waals surface area contributed by atoms with Gasteiger partial charge in [-0.25, -0.2) is 0 Å². The molecule has 1 aliphatic rings. The molecule has 1 fully saturated rings. The van der Waals surface area contributed by atoms with E-state index in [1.165, 1.54) is 12.1 Å². The number of nitrogens with zero attached hydrogens (tertiary/aromatic N) is 1. The van der Waals surface area contributed by atoms with Crippen molar-refractivity contribution in [2.45, 2.75) is 63.1 Å². The molecule has 0 radical (unpaired) electrons. The quantitative estimate of drug-likeness (QED) is 0.213. The Morgan fingerprint density at radius 2 is 1.59 bits per heavy atom. The van der Waals surface area contributed by atoms with Crippen LogP contribution in [0.5, 0.6) is 0 Å². The Kier molecular flexibility index (Phi) is 11.6. The Balaban J connectivity index is 1.31. The molecular formula is C35H41F3N2O4. The first kappa shape index (κ1) is 33.2. The first-order valence-corrected chi connectivity index (χ1v) is 15.3. The van der Waals surface area contributed by atoms with Gasteiger partial charge >= 0.3 is 12.1 Å². The summed E-state index contributed by atoms with van der Waals surface area (Å²) >= 11 is 0. The van der Waals surface area contributed by atoms with Crippen LogP contribution in [0.1, 0.15) is 66.9 Å². The van der Waals surface area contributed by atoms with Gasteiger partial charge in [-0.3, -0.25) is 9.59 Å². The highest BCUT2D eigenvalue weighted by Crippen LogP contribution is 2.37. The van der Waals surface area contributed by atoms with E-state index in [1.54, 1.807) is 24.3 Å². The first-order valence-electron chi connectivity index (χ1n) is 15.3. The van der Waals surface area contributed by atoms with Crippen LogP contribution in [0.3, 0.4) is 0 Å². The van der Waals surface area contributed by atoms with Crippen LogP contribution < -0.4 is 5.32 Å². The van der Waals surface area contributed by atoms with Crippen molar-refractivity contribution in [3.8, 4) is 11.1 Å². The van der Waals surface area contributed by atoms with Crippen LogP contribution in [0.15, 0.2) is 78.9 Å². The number of aliphatic hydroxyl groups excluding tert-OH is 1. The molecule has 6 nitrogen and oxygen atoms in total. The molecule has 1 aliphatic heterocycles. The lowest BCUT2D eigenvalue weighted by Crippen LogP contribution is -2.45. The lowest BCUT2D eigenvalue weighted by atomic mass is 9.72. The van der Waals surface area contributed by atoms with Crippen molar-refractivity contribution in [2.75, 3.05) is 32.8 Å². The van der Waals surface area contributed by atoms with Crippen molar-refractivity contribution >= 4 is 11.9 Å². The predicted molar refractivity (Wildman–Crippen MR) is 164 cm³/mol. The molecule has 1 amide bonds. The van der Waals surface area contributed by atoms with E-state index >= 15 is 0 Å². The van der Waals surface area contributed by atoms with Gasteiger partial charge in [0.25, 0.3) is 5.91 Å². The molecule has 44 heavy (non-hydrogen) atoms. The molecule has 4 rings (SSSR count). The summed E-state index contributed by atoms with van der Waals surface area (Å²) in [7, 11) is 0. The van der Waals surface area contributed by atoms with E-state index in [0.29, 0.717) is 16.7 Å². The van der Waals surface area contributed by atoms with E-state index in [0.717, 1.165) is 69.4 Å². The smallest absolute Gasteiger partial charge is 0.416 e. The normalized spacial score (nSPS) is 15.8. The summed E-state index contributed by atoms with van der Waals surface area (Å²) in [4.78, 5) is 28.2. The largest absolute Gasteiger partial charge is 0.463 e. The van der Waals surface area contributed by atoms with Crippen LogP contribution in [0.4, 0.5) is 13.2 Å². The van der Waals surface area contributed by atoms with Gasteiger partial charge in [0.2, 0.25) is 0 Å². The number of carbonyl (C=O) groups excluding carboxylic acids is 2. The average Bonchev–Trinajstić information content (AvgIpc) is 3.04. The third kappa shape index (κ3) is 8.70. The fraction of sp³-hybridized carbons (Fsp3) is 0.429. The van der Waals surface area contributed by atoms with E-state index in [9.17, 15) is 22.8 Å². The molecule has 1 saturated heterocycles. The second kappa shape index (κ2) is 15.3. The number of halogens is 3. The van der Waals surface area contributed by atoms with Gasteiger partial charge in [-0.1, -0.05) is 67.6 Å².